The number of anilines is 1. The van der Waals surface area contributed by atoms with E-state index in [0.29, 0.717) is 5.82 Å². The van der Waals surface area contributed by atoms with E-state index in [4.69, 9.17) is 16.3 Å². The van der Waals surface area contributed by atoms with Crippen LogP contribution in [0.3, 0.4) is 0 Å². The Morgan fingerprint density at radius 1 is 1.29 bits per heavy atom. The van der Waals surface area contributed by atoms with Crippen molar-refractivity contribution in [3.8, 4) is 16.9 Å². The molecule has 0 bridgehead atoms. The van der Waals surface area contributed by atoms with Gasteiger partial charge in [0.2, 0.25) is 0 Å². The van der Waals surface area contributed by atoms with Crippen molar-refractivity contribution in [1.29, 1.82) is 0 Å². The first-order chi connectivity index (χ1) is 11.6. The van der Waals surface area contributed by atoms with Crippen molar-refractivity contribution in [3.05, 3.63) is 35.2 Å². The number of aromatic nitrogens is 4. The summed E-state index contributed by atoms with van der Waals surface area (Å²) in [5, 5.41) is 7.35. The average molecular weight is 352 g/mol. The molecule has 0 saturated heterocycles. The third-order valence-corrected chi connectivity index (χ3v) is 4.09. The van der Waals surface area contributed by atoms with Crippen LogP contribution >= 0.6 is 11.6 Å². The van der Waals surface area contributed by atoms with E-state index in [2.05, 4.69) is 20.4 Å². The Labute approximate surface area is 140 Å². The number of benzene rings is 1. The molecule has 4 rings (SSSR count). The highest BCUT2D eigenvalue weighted by molar-refractivity contribution is 6.33. The summed E-state index contributed by atoms with van der Waals surface area (Å²) < 4.78 is 34.9. The largest absolute Gasteiger partial charge is 0.494 e. The maximum Gasteiger partial charge on any atom is 0.255 e. The van der Waals surface area contributed by atoms with Crippen LogP contribution in [0.2, 0.25) is 5.15 Å². The molecule has 0 spiro atoms. The van der Waals surface area contributed by atoms with Gasteiger partial charge in [0.15, 0.2) is 11.6 Å². The summed E-state index contributed by atoms with van der Waals surface area (Å²) in [7, 11) is 1.27. The van der Waals surface area contributed by atoms with Crippen molar-refractivity contribution in [2.45, 2.75) is 18.9 Å². The highest BCUT2D eigenvalue weighted by atomic mass is 35.5. The van der Waals surface area contributed by atoms with Gasteiger partial charge in [-0.25, -0.2) is 8.78 Å². The highest BCUT2D eigenvalue weighted by Gasteiger charge is 2.27. The Hall–Kier alpha value is -2.48. The third kappa shape index (κ3) is 2.43. The normalized spacial score (nSPS) is 14.2. The molecular formula is C15H12ClF2N5O. The quantitative estimate of drug-likeness (QED) is 0.731. The molecule has 0 atom stereocenters. The Balaban J connectivity index is 1.98. The number of ether oxygens (including phenoxy) is 1. The molecular weight excluding hydrogens is 340 g/mol. The molecule has 0 amide bonds. The molecule has 2 heterocycles. The van der Waals surface area contributed by atoms with Crippen LogP contribution in [0, 0.1) is 11.6 Å². The van der Waals surface area contributed by atoms with Crippen molar-refractivity contribution in [1.82, 2.24) is 19.6 Å². The molecule has 6 nitrogen and oxygen atoms in total. The fourth-order valence-electron chi connectivity index (χ4n) is 2.49. The van der Waals surface area contributed by atoms with E-state index in [9.17, 15) is 8.78 Å². The van der Waals surface area contributed by atoms with Crippen molar-refractivity contribution < 1.29 is 13.5 Å². The molecule has 1 aliphatic rings. The number of rotatable bonds is 4. The molecule has 3 aromatic rings. The summed E-state index contributed by atoms with van der Waals surface area (Å²) >= 11 is 6.25. The van der Waals surface area contributed by atoms with Gasteiger partial charge in [-0.15, -0.1) is 0 Å². The molecule has 1 aliphatic carbocycles. The van der Waals surface area contributed by atoms with Gasteiger partial charge in [0, 0.05) is 17.7 Å². The Morgan fingerprint density at radius 2 is 2.08 bits per heavy atom. The number of halogens is 3. The lowest BCUT2D eigenvalue weighted by atomic mass is 10.1. The van der Waals surface area contributed by atoms with E-state index < -0.39 is 11.6 Å². The van der Waals surface area contributed by atoms with Gasteiger partial charge in [0.05, 0.1) is 12.7 Å². The van der Waals surface area contributed by atoms with E-state index in [-0.39, 0.29) is 33.8 Å². The van der Waals surface area contributed by atoms with Gasteiger partial charge < -0.3 is 10.1 Å². The van der Waals surface area contributed by atoms with Gasteiger partial charge >= 0.3 is 0 Å². The lowest BCUT2D eigenvalue weighted by Crippen LogP contribution is -2.11. The smallest absolute Gasteiger partial charge is 0.255 e. The first kappa shape index (κ1) is 15.1. The summed E-state index contributed by atoms with van der Waals surface area (Å²) in [4.78, 5) is 8.11. The first-order valence-corrected chi connectivity index (χ1v) is 7.65. The fraction of sp³-hybridized carbons (Fsp3) is 0.267. The molecule has 1 aromatic carbocycles. The summed E-state index contributed by atoms with van der Waals surface area (Å²) in [6.45, 7) is 0. The minimum Gasteiger partial charge on any atom is -0.494 e. The second-order valence-electron chi connectivity index (χ2n) is 5.48. The average Bonchev–Trinajstić information content (AvgIpc) is 3.25. The predicted molar refractivity (Wildman–Crippen MR) is 84.3 cm³/mol. The van der Waals surface area contributed by atoms with E-state index in [1.807, 2.05) is 0 Å². The maximum atomic E-state index is 14.5. The minimum absolute atomic E-state index is 0.0158. The lowest BCUT2D eigenvalue weighted by Gasteiger charge is -2.15. The van der Waals surface area contributed by atoms with Gasteiger partial charge in [-0.1, -0.05) is 11.6 Å². The topological polar surface area (TPSA) is 64.3 Å². The summed E-state index contributed by atoms with van der Waals surface area (Å²) in [5.74, 6) is -0.829. The number of nitrogens with zero attached hydrogens (tertiary/aromatic N) is 4. The summed E-state index contributed by atoms with van der Waals surface area (Å²) in [5.41, 5.74) is 0.215. The zero-order chi connectivity index (χ0) is 16.8. The number of hydrogen-bond donors (Lipinski definition) is 1. The van der Waals surface area contributed by atoms with Gasteiger partial charge in [-0.05, 0) is 18.9 Å². The summed E-state index contributed by atoms with van der Waals surface area (Å²) in [6.07, 6.45) is 3.29. The number of fused-ring (bicyclic) bond motifs is 1. The minimum atomic E-state index is -0.693. The van der Waals surface area contributed by atoms with Crippen LogP contribution < -0.4 is 10.1 Å². The van der Waals surface area contributed by atoms with Crippen molar-refractivity contribution in [3.63, 3.8) is 0 Å². The molecule has 0 aliphatic heterocycles. The van der Waals surface area contributed by atoms with Crippen LogP contribution in [0.1, 0.15) is 12.8 Å². The Morgan fingerprint density at radius 3 is 2.79 bits per heavy atom. The standard InChI is InChI=1S/C15H12ClF2N5O/c1-24-11-5-9(17)8(4-10(11)18)12-13(16)22-15-19-6-20-23(15)14(12)21-7-2-3-7/h4-7,21H,2-3H2,1H3. The van der Waals surface area contributed by atoms with Crippen LogP contribution in [0.25, 0.3) is 16.9 Å². The Kier molecular flexibility index (Phi) is 3.49. The molecule has 124 valence electrons. The second kappa shape index (κ2) is 5.55. The van der Waals surface area contributed by atoms with Gasteiger partial charge in [-0.2, -0.15) is 19.6 Å². The van der Waals surface area contributed by atoms with Crippen LogP contribution in [-0.4, -0.2) is 32.7 Å². The molecule has 24 heavy (non-hydrogen) atoms. The second-order valence-corrected chi connectivity index (χ2v) is 5.84. The zero-order valence-corrected chi connectivity index (χ0v) is 13.3. The van der Waals surface area contributed by atoms with E-state index in [1.165, 1.54) is 18.0 Å². The molecule has 0 unspecified atom stereocenters. The molecule has 0 radical (unpaired) electrons. The SMILES string of the molecule is COc1cc(F)c(-c2c(Cl)nc3ncnn3c2NC2CC2)cc1F. The molecule has 9 heteroatoms. The monoisotopic (exact) mass is 351 g/mol. The highest BCUT2D eigenvalue weighted by Crippen LogP contribution is 2.39. The molecule has 1 fully saturated rings. The lowest BCUT2D eigenvalue weighted by molar-refractivity contribution is 0.383. The van der Waals surface area contributed by atoms with Crippen LogP contribution in [-0.2, 0) is 0 Å². The first-order valence-electron chi connectivity index (χ1n) is 7.27. The number of hydrogen-bond acceptors (Lipinski definition) is 5. The van der Waals surface area contributed by atoms with Crippen LogP contribution in [0.5, 0.6) is 5.75 Å². The van der Waals surface area contributed by atoms with E-state index in [0.717, 1.165) is 25.0 Å². The number of nitrogens with one attached hydrogen (secondary N) is 1. The molecule has 1 saturated carbocycles. The summed E-state index contributed by atoms with van der Waals surface area (Å²) in [6, 6.07) is 2.26. The fourth-order valence-corrected chi connectivity index (χ4v) is 2.75. The van der Waals surface area contributed by atoms with Crippen molar-refractivity contribution in [2.24, 2.45) is 0 Å². The predicted octanol–water partition coefficient (Wildman–Crippen LogP) is 3.31. The zero-order valence-electron chi connectivity index (χ0n) is 12.6. The van der Waals surface area contributed by atoms with Crippen molar-refractivity contribution >= 4 is 23.2 Å². The van der Waals surface area contributed by atoms with Gasteiger partial charge in [0.1, 0.15) is 23.1 Å². The molecule has 2 aromatic heterocycles. The van der Waals surface area contributed by atoms with E-state index >= 15 is 0 Å². The number of methoxy groups -OCH3 is 1. The third-order valence-electron chi connectivity index (χ3n) is 3.81. The van der Waals surface area contributed by atoms with Crippen LogP contribution in [0.4, 0.5) is 14.6 Å². The van der Waals surface area contributed by atoms with Gasteiger partial charge in [0.25, 0.3) is 5.78 Å². The maximum absolute atomic E-state index is 14.5. The van der Waals surface area contributed by atoms with E-state index in [1.54, 1.807) is 0 Å². The Bertz CT molecular complexity index is 941. The van der Waals surface area contributed by atoms with Crippen molar-refractivity contribution in [2.75, 3.05) is 12.4 Å². The van der Waals surface area contributed by atoms with Gasteiger partial charge in [-0.3, -0.25) is 0 Å². The van der Waals surface area contributed by atoms with Crippen LogP contribution in [0.15, 0.2) is 18.5 Å². The molecule has 1 N–H and O–H groups in total.